The van der Waals surface area contributed by atoms with Gasteiger partial charge in [0, 0.05) is 35.8 Å². The van der Waals surface area contributed by atoms with Gasteiger partial charge in [-0.1, -0.05) is 24.8 Å². The molecule has 4 aromatic rings. The third kappa shape index (κ3) is 4.90. The second-order valence-corrected chi connectivity index (χ2v) is 9.93. The normalized spacial score (nSPS) is 11.8. The molecule has 11 heteroatoms. The predicted octanol–water partition coefficient (Wildman–Crippen LogP) is 3.10. The first-order valence-electron chi connectivity index (χ1n) is 10.0. The van der Waals surface area contributed by atoms with Crippen LogP contribution in [0.15, 0.2) is 52.5 Å². The van der Waals surface area contributed by atoms with Gasteiger partial charge in [-0.05, 0) is 48.4 Å². The van der Waals surface area contributed by atoms with Gasteiger partial charge in [-0.2, -0.15) is 0 Å². The summed E-state index contributed by atoms with van der Waals surface area (Å²) in [4.78, 5) is 19.0. The highest BCUT2D eigenvalue weighted by Crippen LogP contribution is 2.25. The van der Waals surface area contributed by atoms with Crippen molar-refractivity contribution in [3.63, 3.8) is 0 Å². The van der Waals surface area contributed by atoms with Gasteiger partial charge >= 0.3 is 0 Å². The Morgan fingerprint density at radius 2 is 1.91 bits per heavy atom. The molecular formula is C21H22N6O3S2. The van der Waals surface area contributed by atoms with E-state index >= 15 is 0 Å². The molecule has 0 fully saturated rings. The lowest BCUT2D eigenvalue weighted by atomic mass is 10.1. The van der Waals surface area contributed by atoms with E-state index < -0.39 is 10.0 Å². The summed E-state index contributed by atoms with van der Waals surface area (Å²) in [6, 6.07) is 12.2. The largest absolute Gasteiger partial charge is 0.338 e. The average Bonchev–Trinajstić information content (AvgIpc) is 3.13. The molecule has 0 radical (unpaired) electrons. The smallest absolute Gasteiger partial charge is 0.240 e. The molecule has 2 heterocycles. The molecule has 0 atom stereocenters. The van der Waals surface area contributed by atoms with Crippen molar-refractivity contribution in [2.75, 3.05) is 17.6 Å². The number of H-pyrrole nitrogens is 1. The van der Waals surface area contributed by atoms with Gasteiger partial charge in [0.2, 0.25) is 21.1 Å². The Labute approximate surface area is 189 Å². The summed E-state index contributed by atoms with van der Waals surface area (Å²) >= 11 is 1.32. The number of nitrogens with zero attached hydrogens (tertiary/aromatic N) is 3. The molecular weight excluding hydrogens is 448 g/mol. The topological polar surface area (TPSA) is 130 Å². The number of carbonyl (C=O) groups is 1. The minimum Gasteiger partial charge on any atom is -0.338 e. The van der Waals surface area contributed by atoms with Crippen LogP contribution in [0.2, 0.25) is 0 Å². The molecule has 0 aliphatic carbocycles. The van der Waals surface area contributed by atoms with E-state index in [1.807, 2.05) is 6.07 Å². The van der Waals surface area contributed by atoms with E-state index in [2.05, 4.69) is 49.3 Å². The van der Waals surface area contributed by atoms with Gasteiger partial charge in [-0.25, -0.2) is 18.1 Å². The Morgan fingerprint density at radius 1 is 1.12 bits per heavy atom. The molecule has 9 nitrogen and oxygen atoms in total. The van der Waals surface area contributed by atoms with Gasteiger partial charge in [0.1, 0.15) is 5.52 Å². The number of aromatic nitrogens is 4. The molecule has 166 valence electrons. The molecule has 32 heavy (non-hydrogen) atoms. The van der Waals surface area contributed by atoms with Crippen molar-refractivity contribution in [1.82, 2.24) is 24.9 Å². The monoisotopic (exact) mass is 470 g/mol. The van der Waals surface area contributed by atoms with Crippen molar-refractivity contribution in [1.29, 1.82) is 0 Å². The van der Waals surface area contributed by atoms with Gasteiger partial charge in [0.25, 0.3) is 0 Å². The number of thioether (sulfide) groups is 1. The fourth-order valence-corrected chi connectivity index (χ4v) is 5.01. The van der Waals surface area contributed by atoms with Crippen molar-refractivity contribution in [3.05, 3.63) is 48.0 Å². The molecule has 1 amide bonds. The zero-order chi connectivity index (χ0) is 22.7. The number of rotatable bonds is 8. The van der Waals surface area contributed by atoms with E-state index in [0.717, 1.165) is 22.8 Å². The van der Waals surface area contributed by atoms with E-state index in [-0.39, 0.29) is 17.3 Å². The van der Waals surface area contributed by atoms with Crippen LogP contribution in [0.1, 0.15) is 19.4 Å². The standard InChI is InChI=1S/C21H22N6O3S2/c1-3-14-4-9-18-17(12-14)19-20(24-18)25-21(27-26-19)31-11-10-22-32(29,30)16-7-5-15(6-8-16)23-13(2)28/h4-9,12,22H,3,10-11H2,1-2H3,(H,23,28)(H,24,25,27). The van der Waals surface area contributed by atoms with Crippen LogP contribution < -0.4 is 10.0 Å². The lowest BCUT2D eigenvalue weighted by molar-refractivity contribution is -0.114. The van der Waals surface area contributed by atoms with E-state index in [1.165, 1.54) is 36.4 Å². The number of anilines is 1. The first-order chi connectivity index (χ1) is 15.4. The molecule has 2 aromatic carbocycles. The zero-order valence-corrected chi connectivity index (χ0v) is 19.2. The number of benzene rings is 2. The molecule has 0 saturated heterocycles. The van der Waals surface area contributed by atoms with Crippen LogP contribution >= 0.6 is 11.8 Å². The van der Waals surface area contributed by atoms with Crippen molar-refractivity contribution < 1.29 is 13.2 Å². The van der Waals surface area contributed by atoms with Crippen LogP contribution in [0.3, 0.4) is 0 Å². The maximum atomic E-state index is 12.4. The minimum absolute atomic E-state index is 0.125. The van der Waals surface area contributed by atoms with Gasteiger partial charge in [-0.15, -0.1) is 10.2 Å². The van der Waals surface area contributed by atoms with Crippen molar-refractivity contribution in [2.45, 2.75) is 30.3 Å². The molecule has 0 saturated carbocycles. The average molecular weight is 471 g/mol. The van der Waals surface area contributed by atoms with Crippen LogP contribution in [-0.4, -0.2) is 46.8 Å². The summed E-state index contributed by atoms with van der Waals surface area (Å²) in [5.74, 6) is 0.222. The molecule has 3 N–H and O–H groups in total. The third-order valence-corrected chi connectivity index (χ3v) is 7.09. The number of carbonyl (C=O) groups excluding carboxylic acids is 1. The number of sulfonamides is 1. The van der Waals surface area contributed by atoms with Crippen molar-refractivity contribution in [2.24, 2.45) is 0 Å². The Bertz CT molecular complexity index is 1380. The van der Waals surface area contributed by atoms with Gasteiger partial charge < -0.3 is 10.3 Å². The van der Waals surface area contributed by atoms with Gasteiger partial charge in [0.05, 0.1) is 4.90 Å². The molecule has 2 aromatic heterocycles. The van der Waals surface area contributed by atoms with E-state index in [9.17, 15) is 13.2 Å². The van der Waals surface area contributed by atoms with Gasteiger partial charge in [-0.3, -0.25) is 4.79 Å². The summed E-state index contributed by atoms with van der Waals surface area (Å²) in [6.07, 6.45) is 0.937. The highest BCUT2D eigenvalue weighted by Gasteiger charge is 2.14. The molecule has 0 bridgehead atoms. The Kier molecular flexibility index (Phi) is 6.40. The first-order valence-corrected chi connectivity index (χ1v) is 12.5. The van der Waals surface area contributed by atoms with E-state index in [1.54, 1.807) is 12.1 Å². The zero-order valence-electron chi connectivity index (χ0n) is 17.5. The third-order valence-electron chi connectivity index (χ3n) is 4.78. The number of amides is 1. The van der Waals surface area contributed by atoms with Crippen LogP contribution in [0, 0.1) is 0 Å². The Hall–Kier alpha value is -3.02. The first kappa shape index (κ1) is 22.2. The summed E-state index contributed by atoms with van der Waals surface area (Å²) in [5, 5.41) is 12.6. The van der Waals surface area contributed by atoms with Crippen LogP contribution in [0.5, 0.6) is 0 Å². The lowest BCUT2D eigenvalue weighted by Crippen LogP contribution is -2.26. The second-order valence-electron chi connectivity index (χ2n) is 7.10. The van der Waals surface area contributed by atoms with Gasteiger partial charge in [0.15, 0.2) is 5.65 Å². The maximum Gasteiger partial charge on any atom is 0.240 e. The number of aryl methyl sites for hydroxylation is 1. The molecule has 0 aliphatic rings. The summed E-state index contributed by atoms with van der Waals surface area (Å²) in [7, 11) is -3.66. The number of aromatic amines is 1. The van der Waals surface area contributed by atoms with Crippen molar-refractivity contribution >= 4 is 55.4 Å². The number of hydrogen-bond acceptors (Lipinski definition) is 7. The Morgan fingerprint density at radius 3 is 2.62 bits per heavy atom. The number of fused-ring (bicyclic) bond motifs is 3. The minimum atomic E-state index is -3.66. The number of hydrogen-bond donors (Lipinski definition) is 3. The van der Waals surface area contributed by atoms with Crippen molar-refractivity contribution in [3.8, 4) is 0 Å². The fourth-order valence-electron chi connectivity index (χ4n) is 3.21. The quantitative estimate of drug-likeness (QED) is 0.266. The summed E-state index contributed by atoms with van der Waals surface area (Å²) in [6.45, 7) is 3.69. The second kappa shape index (κ2) is 9.23. The van der Waals surface area contributed by atoms with Crippen LogP contribution in [0.25, 0.3) is 22.1 Å². The van der Waals surface area contributed by atoms with Crippen LogP contribution in [-0.2, 0) is 21.2 Å². The van der Waals surface area contributed by atoms with Crippen LogP contribution in [0.4, 0.5) is 5.69 Å². The highest BCUT2D eigenvalue weighted by atomic mass is 32.2. The van der Waals surface area contributed by atoms with E-state index in [0.29, 0.717) is 22.2 Å². The summed E-state index contributed by atoms with van der Waals surface area (Å²) in [5.41, 5.74) is 4.10. The maximum absolute atomic E-state index is 12.4. The number of nitrogens with one attached hydrogen (secondary N) is 3. The highest BCUT2D eigenvalue weighted by molar-refractivity contribution is 7.99. The predicted molar refractivity (Wildman–Crippen MR) is 125 cm³/mol. The summed E-state index contributed by atoms with van der Waals surface area (Å²) < 4.78 is 27.5. The Balaban J connectivity index is 1.37. The molecule has 0 aliphatic heterocycles. The molecule has 0 spiro atoms. The van der Waals surface area contributed by atoms with E-state index in [4.69, 9.17) is 0 Å². The molecule has 0 unspecified atom stereocenters. The fraction of sp³-hybridized carbons (Fsp3) is 0.238. The molecule has 4 rings (SSSR count). The SMILES string of the molecule is CCc1ccc2[nH]c3nc(SCCNS(=O)(=O)c4ccc(NC(C)=O)cc4)nnc3c2c1. The lowest BCUT2D eigenvalue weighted by Gasteiger charge is -2.07.